The molecular weight excluding hydrogens is 196 g/mol. The predicted octanol–water partition coefficient (Wildman–Crippen LogP) is 1.33. The van der Waals surface area contributed by atoms with Crippen LogP contribution in [0, 0.1) is 0 Å². The summed E-state index contributed by atoms with van der Waals surface area (Å²) < 4.78 is 0. The van der Waals surface area contributed by atoms with E-state index in [1.54, 1.807) is 4.90 Å². The number of hydrogen-bond donors (Lipinski definition) is 1. The van der Waals surface area contributed by atoms with Crippen LogP contribution in [0.4, 0.5) is 0 Å². The predicted molar refractivity (Wildman–Crippen MR) is 63.5 cm³/mol. The lowest BCUT2D eigenvalue weighted by molar-refractivity contribution is -0.131. The van der Waals surface area contributed by atoms with Crippen molar-refractivity contribution in [1.29, 1.82) is 0 Å². The molecule has 4 heteroatoms. The fraction of sp³-hybridized carbons (Fsp3) is 0.900. The van der Waals surface area contributed by atoms with Gasteiger partial charge in [0.15, 0.2) is 0 Å². The Morgan fingerprint density at radius 3 is 2.64 bits per heavy atom. The van der Waals surface area contributed by atoms with Crippen molar-refractivity contribution in [3.05, 3.63) is 0 Å². The molecule has 2 N–H and O–H groups in total. The van der Waals surface area contributed by atoms with Crippen molar-refractivity contribution < 1.29 is 4.79 Å². The van der Waals surface area contributed by atoms with E-state index in [0.29, 0.717) is 13.0 Å². The SMILES string of the molecule is CSCCCCC(=O)N(C)C(C)CN. The van der Waals surface area contributed by atoms with Gasteiger partial charge in [0.1, 0.15) is 0 Å². The molecule has 0 heterocycles. The molecule has 0 aliphatic rings. The van der Waals surface area contributed by atoms with Crippen molar-refractivity contribution in [2.45, 2.75) is 32.2 Å². The number of rotatable bonds is 7. The smallest absolute Gasteiger partial charge is 0.222 e. The Kier molecular flexibility index (Phi) is 7.99. The van der Waals surface area contributed by atoms with E-state index in [0.717, 1.165) is 18.6 Å². The fourth-order valence-electron chi connectivity index (χ4n) is 1.10. The lowest BCUT2D eigenvalue weighted by Gasteiger charge is -2.23. The van der Waals surface area contributed by atoms with Crippen LogP contribution in [0.5, 0.6) is 0 Å². The third-order valence-electron chi connectivity index (χ3n) is 2.38. The minimum Gasteiger partial charge on any atom is -0.342 e. The van der Waals surface area contributed by atoms with E-state index in [1.165, 1.54) is 0 Å². The van der Waals surface area contributed by atoms with Crippen molar-refractivity contribution in [2.24, 2.45) is 5.73 Å². The largest absolute Gasteiger partial charge is 0.342 e. The van der Waals surface area contributed by atoms with Gasteiger partial charge >= 0.3 is 0 Å². The Balaban J connectivity index is 3.62. The van der Waals surface area contributed by atoms with Crippen molar-refractivity contribution in [1.82, 2.24) is 4.90 Å². The summed E-state index contributed by atoms with van der Waals surface area (Å²) >= 11 is 1.83. The number of nitrogens with zero attached hydrogens (tertiary/aromatic N) is 1. The number of unbranched alkanes of at least 4 members (excludes halogenated alkanes) is 1. The summed E-state index contributed by atoms with van der Waals surface area (Å²) in [4.78, 5) is 13.3. The Morgan fingerprint density at radius 1 is 1.50 bits per heavy atom. The average molecular weight is 218 g/mol. The number of nitrogens with two attached hydrogens (primary N) is 1. The van der Waals surface area contributed by atoms with Crippen LogP contribution in [-0.4, -0.2) is 42.4 Å². The molecule has 0 aromatic carbocycles. The minimum absolute atomic E-state index is 0.156. The summed E-state index contributed by atoms with van der Waals surface area (Å²) in [5, 5.41) is 0. The van der Waals surface area contributed by atoms with Crippen LogP contribution in [-0.2, 0) is 4.79 Å². The maximum absolute atomic E-state index is 11.6. The monoisotopic (exact) mass is 218 g/mol. The average Bonchev–Trinajstić information content (AvgIpc) is 2.21. The first kappa shape index (κ1) is 13.8. The summed E-state index contributed by atoms with van der Waals surface area (Å²) in [5.74, 6) is 1.35. The van der Waals surface area contributed by atoms with Crippen LogP contribution in [0.15, 0.2) is 0 Å². The van der Waals surface area contributed by atoms with Gasteiger partial charge in [-0.25, -0.2) is 0 Å². The second-order valence-electron chi connectivity index (χ2n) is 3.54. The molecule has 1 amide bonds. The molecule has 0 aliphatic carbocycles. The molecule has 14 heavy (non-hydrogen) atoms. The number of hydrogen-bond acceptors (Lipinski definition) is 3. The summed E-state index contributed by atoms with van der Waals surface area (Å²) in [5.41, 5.74) is 5.49. The topological polar surface area (TPSA) is 46.3 Å². The second kappa shape index (κ2) is 8.12. The van der Waals surface area contributed by atoms with Gasteiger partial charge in [-0.2, -0.15) is 11.8 Å². The molecule has 0 rings (SSSR count). The molecule has 0 bridgehead atoms. The molecule has 0 aromatic rings. The molecule has 0 saturated heterocycles. The molecule has 0 fully saturated rings. The van der Waals surface area contributed by atoms with Crippen LogP contribution < -0.4 is 5.73 Å². The van der Waals surface area contributed by atoms with E-state index < -0.39 is 0 Å². The lowest BCUT2D eigenvalue weighted by atomic mass is 10.2. The number of carbonyl (C=O) groups is 1. The third-order valence-corrected chi connectivity index (χ3v) is 3.08. The van der Waals surface area contributed by atoms with Crippen LogP contribution in [0.3, 0.4) is 0 Å². The zero-order chi connectivity index (χ0) is 11.0. The molecule has 1 atom stereocenters. The first-order valence-corrected chi connectivity index (χ1v) is 6.47. The van der Waals surface area contributed by atoms with Crippen LogP contribution in [0.1, 0.15) is 26.2 Å². The number of thioether (sulfide) groups is 1. The van der Waals surface area contributed by atoms with E-state index in [9.17, 15) is 4.79 Å². The highest BCUT2D eigenvalue weighted by Crippen LogP contribution is 2.05. The number of amides is 1. The molecule has 0 spiro atoms. The molecule has 0 aromatic heterocycles. The Labute approximate surface area is 91.4 Å². The van der Waals surface area contributed by atoms with Gasteiger partial charge in [-0.3, -0.25) is 4.79 Å². The van der Waals surface area contributed by atoms with E-state index in [4.69, 9.17) is 5.73 Å². The van der Waals surface area contributed by atoms with Crippen molar-refractivity contribution >= 4 is 17.7 Å². The highest BCUT2D eigenvalue weighted by Gasteiger charge is 2.13. The lowest BCUT2D eigenvalue weighted by Crippen LogP contribution is -2.39. The standard InChI is InChI=1S/C10H22N2OS/c1-9(8-11)12(2)10(13)6-4-5-7-14-3/h9H,4-8,11H2,1-3H3. The zero-order valence-corrected chi connectivity index (χ0v) is 10.3. The third kappa shape index (κ3) is 5.50. The Hall–Kier alpha value is -0.220. The molecule has 1 unspecified atom stereocenters. The van der Waals surface area contributed by atoms with Crippen LogP contribution >= 0.6 is 11.8 Å². The molecule has 84 valence electrons. The summed E-state index contributed by atoms with van der Waals surface area (Å²) in [6.07, 6.45) is 4.85. The molecule has 0 radical (unpaired) electrons. The molecule has 0 saturated carbocycles. The number of likely N-dealkylation sites (N-methyl/N-ethyl adjacent to an activating group) is 1. The maximum Gasteiger partial charge on any atom is 0.222 e. The van der Waals surface area contributed by atoms with Gasteiger partial charge in [-0.1, -0.05) is 0 Å². The van der Waals surface area contributed by atoms with E-state index >= 15 is 0 Å². The van der Waals surface area contributed by atoms with Gasteiger partial charge in [-0.05, 0) is 31.8 Å². The van der Waals surface area contributed by atoms with Crippen LogP contribution in [0.25, 0.3) is 0 Å². The van der Waals surface area contributed by atoms with Crippen LogP contribution in [0.2, 0.25) is 0 Å². The van der Waals surface area contributed by atoms with Crippen molar-refractivity contribution in [2.75, 3.05) is 25.6 Å². The quantitative estimate of drug-likeness (QED) is 0.656. The van der Waals surface area contributed by atoms with E-state index in [1.807, 2.05) is 25.7 Å². The summed E-state index contributed by atoms with van der Waals surface area (Å²) in [7, 11) is 1.83. The molecular formula is C10H22N2OS. The minimum atomic E-state index is 0.156. The van der Waals surface area contributed by atoms with Gasteiger partial charge in [-0.15, -0.1) is 0 Å². The van der Waals surface area contributed by atoms with Gasteiger partial charge in [0.2, 0.25) is 5.91 Å². The number of carbonyl (C=O) groups excluding carboxylic acids is 1. The summed E-state index contributed by atoms with van der Waals surface area (Å²) in [6.45, 7) is 2.51. The van der Waals surface area contributed by atoms with Crippen molar-refractivity contribution in [3.63, 3.8) is 0 Å². The first-order chi connectivity index (χ1) is 6.63. The summed E-state index contributed by atoms with van der Waals surface area (Å²) in [6, 6.07) is 0.156. The highest BCUT2D eigenvalue weighted by molar-refractivity contribution is 7.98. The Morgan fingerprint density at radius 2 is 2.14 bits per heavy atom. The van der Waals surface area contributed by atoms with Crippen molar-refractivity contribution in [3.8, 4) is 0 Å². The fourth-order valence-corrected chi connectivity index (χ4v) is 1.60. The normalized spacial score (nSPS) is 12.6. The highest BCUT2D eigenvalue weighted by atomic mass is 32.2. The van der Waals surface area contributed by atoms with E-state index in [-0.39, 0.29) is 11.9 Å². The second-order valence-corrected chi connectivity index (χ2v) is 4.52. The van der Waals surface area contributed by atoms with Gasteiger partial charge in [0.05, 0.1) is 0 Å². The van der Waals surface area contributed by atoms with E-state index in [2.05, 4.69) is 6.26 Å². The Bertz CT molecular complexity index is 164. The van der Waals surface area contributed by atoms with Gasteiger partial charge in [0.25, 0.3) is 0 Å². The first-order valence-electron chi connectivity index (χ1n) is 5.08. The zero-order valence-electron chi connectivity index (χ0n) is 9.45. The van der Waals surface area contributed by atoms with Gasteiger partial charge < -0.3 is 10.6 Å². The molecule has 0 aliphatic heterocycles. The maximum atomic E-state index is 11.6. The molecule has 3 nitrogen and oxygen atoms in total. The van der Waals surface area contributed by atoms with Gasteiger partial charge in [0, 0.05) is 26.1 Å².